The Morgan fingerprint density at radius 2 is 2.20 bits per heavy atom. The van der Waals surface area contributed by atoms with Crippen LogP contribution in [0.1, 0.15) is 43.2 Å². The van der Waals surface area contributed by atoms with E-state index in [1.807, 2.05) is 19.1 Å². The number of hydrogen-bond donors (Lipinski definition) is 0. The summed E-state index contributed by atoms with van der Waals surface area (Å²) in [6.45, 7) is 2.70. The molecule has 0 bridgehead atoms. The molecule has 0 amide bonds. The lowest BCUT2D eigenvalue weighted by atomic mass is 9.86. The summed E-state index contributed by atoms with van der Waals surface area (Å²) < 4.78 is 5.98. The highest BCUT2D eigenvalue weighted by Gasteiger charge is 2.47. The molecule has 106 valence electrons. The zero-order valence-corrected chi connectivity index (χ0v) is 12.4. The summed E-state index contributed by atoms with van der Waals surface area (Å²) in [5, 5.41) is 0.617. The maximum absolute atomic E-state index is 10.7. The van der Waals surface area contributed by atoms with Gasteiger partial charge in [-0.05, 0) is 56.2 Å². The van der Waals surface area contributed by atoms with Gasteiger partial charge >= 0.3 is 0 Å². The molecule has 0 atom stereocenters. The van der Waals surface area contributed by atoms with E-state index in [9.17, 15) is 4.79 Å². The summed E-state index contributed by atoms with van der Waals surface area (Å²) in [5.41, 5.74) is 1.57. The van der Waals surface area contributed by atoms with Crippen LogP contribution in [0, 0.1) is 12.8 Å². The molecule has 3 nitrogen and oxygen atoms in total. The van der Waals surface area contributed by atoms with Crippen molar-refractivity contribution in [2.75, 3.05) is 6.61 Å². The molecule has 4 heteroatoms. The number of nitrogens with zero attached hydrogens (tertiary/aromatic N) is 1. The topological polar surface area (TPSA) is 38.7 Å². The van der Waals surface area contributed by atoms with Crippen molar-refractivity contribution in [2.24, 2.45) is 10.9 Å². The van der Waals surface area contributed by atoms with Gasteiger partial charge in [0.25, 0.3) is 0 Å². The molecule has 20 heavy (non-hydrogen) atoms. The molecular weight excluding hydrogens is 274 g/mol. The molecule has 2 fully saturated rings. The predicted octanol–water partition coefficient (Wildman–Crippen LogP) is 4.15. The van der Waals surface area contributed by atoms with E-state index in [2.05, 4.69) is 4.99 Å². The zero-order chi connectivity index (χ0) is 14.2. The quantitative estimate of drug-likeness (QED) is 0.604. The Bertz CT molecular complexity index is 570. The van der Waals surface area contributed by atoms with E-state index < -0.39 is 5.54 Å². The van der Waals surface area contributed by atoms with E-state index in [1.54, 1.807) is 6.08 Å². The molecule has 2 saturated carbocycles. The smallest absolute Gasteiger partial charge is 0.235 e. The number of ether oxygens (including phenoxy) is 1. The molecule has 0 aliphatic heterocycles. The highest BCUT2D eigenvalue weighted by Crippen LogP contribution is 2.54. The summed E-state index contributed by atoms with van der Waals surface area (Å²) in [5.74, 6) is 1.35. The average Bonchev–Trinajstić information content (AvgIpc) is 3.10. The SMILES string of the molecule is Cc1cc(Cl)c(OCC2CCC2)c(C2(N=C=O)CC2)c1. The van der Waals surface area contributed by atoms with Crippen LogP contribution in [0.3, 0.4) is 0 Å². The molecule has 2 aliphatic carbocycles. The fraction of sp³-hybridized carbons (Fsp3) is 0.562. The van der Waals surface area contributed by atoms with Crippen LogP contribution in [-0.2, 0) is 10.3 Å². The normalized spacial score (nSPS) is 19.9. The number of halogens is 1. The first-order valence-corrected chi connectivity index (χ1v) is 7.55. The van der Waals surface area contributed by atoms with Crippen LogP contribution in [0.5, 0.6) is 5.75 Å². The molecule has 0 heterocycles. The van der Waals surface area contributed by atoms with Crippen LogP contribution < -0.4 is 4.74 Å². The maximum Gasteiger partial charge on any atom is 0.235 e. The van der Waals surface area contributed by atoms with Gasteiger partial charge < -0.3 is 4.74 Å². The van der Waals surface area contributed by atoms with Crippen molar-refractivity contribution >= 4 is 17.7 Å². The monoisotopic (exact) mass is 291 g/mol. The number of hydrogen-bond acceptors (Lipinski definition) is 3. The molecule has 0 aromatic heterocycles. The van der Waals surface area contributed by atoms with E-state index in [0.717, 1.165) is 24.0 Å². The van der Waals surface area contributed by atoms with Crippen LogP contribution >= 0.6 is 11.6 Å². The molecular formula is C16H18ClNO2. The molecule has 2 aliphatic rings. The number of rotatable bonds is 5. The first-order valence-electron chi connectivity index (χ1n) is 7.17. The molecule has 1 aromatic carbocycles. The van der Waals surface area contributed by atoms with Crippen molar-refractivity contribution in [1.29, 1.82) is 0 Å². The highest BCUT2D eigenvalue weighted by atomic mass is 35.5. The van der Waals surface area contributed by atoms with E-state index in [4.69, 9.17) is 16.3 Å². The number of carbonyl (C=O) groups excluding carboxylic acids is 1. The van der Waals surface area contributed by atoms with E-state index in [1.165, 1.54) is 19.3 Å². The molecule has 0 radical (unpaired) electrons. The van der Waals surface area contributed by atoms with Crippen molar-refractivity contribution in [3.63, 3.8) is 0 Å². The Labute approximate surface area is 124 Å². The lowest BCUT2D eigenvalue weighted by Gasteiger charge is -2.26. The molecule has 1 aromatic rings. The third-order valence-electron chi connectivity index (χ3n) is 4.36. The van der Waals surface area contributed by atoms with Gasteiger partial charge in [-0.1, -0.05) is 18.0 Å². The zero-order valence-electron chi connectivity index (χ0n) is 11.6. The second kappa shape index (κ2) is 5.23. The van der Waals surface area contributed by atoms with E-state index in [-0.39, 0.29) is 0 Å². The summed E-state index contributed by atoms with van der Waals surface area (Å²) >= 11 is 6.35. The Balaban J connectivity index is 1.92. The first kappa shape index (κ1) is 13.7. The van der Waals surface area contributed by atoms with Crippen LogP contribution in [0.2, 0.25) is 5.02 Å². The van der Waals surface area contributed by atoms with Gasteiger partial charge in [-0.25, -0.2) is 4.79 Å². The van der Waals surface area contributed by atoms with Crippen LogP contribution in [0.15, 0.2) is 17.1 Å². The summed E-state index contributed by atoms with van der Waals surface area (Å²) in [6.07, 6.45) is 7.18. The Kier molecular flexibility index (Phi) is 3.57. The fourth-order valence-corrected chi connectivity index (χ4v) is 3.06. The van der Waals surface area contributed by atoms with Gasteiger partial charge in [-0.3, -0.25) is 0 Å². The third-order valence-corrected chi connectivity index (χ3v) is 4.64. The minimum atomic E-state index is -0.438. The van der Waals surface area contributed by atoms with Gasteiger partial charge in [-0.2, -0.15) is 4.99 Å². The van der Waals surface area contributed by atoms with Gasteiger partial charge in [0.2, 0.25) is 6.08 Å². The molecule has 3 rings (SSSR count). The third kappa shape index (κ3) is 2.48. The summed E-state index contributed by atoms with van der Waals surface area (Å²) in [6, 6.07) is 3.94. The van der Waals surface area contributed by atoms with Gasteiger partial charge in [-0.15, -0.1) is 0 Å². The number of aliphatic imine (C=N–C) groups is 1. The Morgan fingerprint density at radius 3 is 2.75 bits per heavy atom. The second-order valence-electron chi connectivity index (χ2n) is 5.97. The largest absolute Gasteiger partial charge is 0.491 e. The molecule has 0 N–H and O–H groups in total. The van der Waals surface area contributed by atoms with E-state index in [0.29, 0.717) is 23.3 Å². The minimum absolute atomic E-state index is 0.438. The van der Waals surface area contributed by atoms with Gasteiger partial charge in [0.15, 0.2) is 0 Å². The van der Waals surface area contributed by atoms with Crippen LogP contribution in [0.25, 0.3) is 0 Å². The first-order chi connectivity index (χ1) is 9.64. The Morgan fingerprint density at radius 1 is 1.45 bits per heavy atom. The number of aryl methyl sites for hydroxylation is 1. The molecule has 0 saturated heterocycles. The van der Waals surface area contributed by atoms with E-state index >= 15 is 0 Å². The standard InChI is InChI=1S/C16H18ClNO2/c1-11-7-13(16(5-6-16)18-10-19)15(14(17)8-11)20-9-12-3-2-4-12/h7-8,12H,2-6,9H2,1H3. The van der Waals surface area contributed by atoms with Crippen LogP contribution in [-0.4, -0.2) is 12.7 Å². The van der Waals surface area contributed by atoms with Crippen LogP contribution in [0.4, 0.5) is 0 Å². The summed E-state index contributed by atoms with van der Waals surface area (Å²) in [7, 11) is 0. The van der Waals surface area contributed by atoms with Crippen molar-refractivity contribution in [3.8, 4) is 5.75 Å². The molecule has 0 spiro atoms. The van der Waals surface area contributed by atoms with Gasteiger partial charge in [0, 0.05) is 5.56 Å². The predicted molar refractivity (Wildman–Crippen MR) is 78.1 cm³/mol. The highest BCUT2D eigenvalue weighted by molar-refractivity contribution is 6.32. The maximum atomic E-state index is 10.7. The lowest BCUT2D eigenvalue weighted by molar-refractivity contribution is 0.179. The van der Waals surface area contributed by atoms with Crippen molar-refractivity contribution < 1.29 is 9.53 Å². The average molecular weight is 292 g/mol. The van der Waals surface area contributed by atoms with Crippen molar-refractivity contribution in [2.45, 2.75) is 44.6 Å². The number of isocyanates is 1. The van der Waals surface area contributed by atoms with Crippen molar-refractivity contribution in [3.05, 3.63) is 28.3 Å². The lowest BCUT2D eigenvalue weighted by Crippen LogP contribution is -2.20. The Hall–Kier alpha value is -1.31. The fourth-order valence-electron chi connectivity index (χ4n) is 2.73. The number of benzene rings is 1. The molecule has 0 unspecified atom stereocenters. The van der Waals surface area contributed by atoms with Gasteiger partial charge in [0.1, 0.15) is 11.3 Å². The van der Waals surface area contributed by atoms with Crippen molar-refractivity contribution in [1.82, 2.24) is 0 Å². The van der Waals surface area contributed by atoms with Gasteiger partial charge in [0.05, 0.1) is 11.6 Å². The minimum Gasteiger partial charge on any atom is -0.491 e. The second-order valence-corrected chi connectivity index (χ2v) is 6.37. The summed E-state index contributed by atoms with van der Waals surface area (Å²) in [4.78, 5) is 14.7.